The van der Waals surface area contributed by atoms with Gasteiger partial charge >= 0.3 is 5.97 Å². The zero-order chi connectivity index (χ0) is 12.5. The van der Waals surface area contributed by atoms with Gasteiger partial charge in [-0.05, 0) is 25.0 Å². The van der Waals surface area contributed by atoms with Crippen LogP contribution in [0.2, 0.25) is 0 Å². The molecule has 7 heteroatoms. The van der Waals surface area contributed by atoms with Crippen molar-refractivity contribution < 1.29 is 22.7 Å². The Balaban J connectivity index is 2.09. The predicted octanol–water partition coefficient (Wildman–Crippen LogP) is 0.765. The van der Waals surface area contributed by atoms with Gasteiger partial charge in [-0.1, -0.05) is 0 Å². The number of piperidine rings is 1. The molecule has 2 rings (SSSR count). The minimum atomic E-state index is -3.59. The molecule has 2 heterocycles. The lowest BCUT2D eigenvalue weighted by atomic mass is 9.99. The molecule has 1 aromatic rings. The summed E-state index contributed by atoms with van der Waals surface area (Å²) in [6.45, 7) is 0.444. The van der Waals surface area contributed by atoms with E-state index in [9.17, 15) is 13.2 Å². The Labute approximate surface area is 98.9 Å². The van der Waals surface area contributed by atoms with E-state index >= 15 is 0 Å². The first-order chi connectivity index (χ1) is 8.01. The van der Waals surface area contributed by atoms with Crippen LogP contribution in [0.3, 0.4) is 0 Å². The number of carboxylic acid groups (broad SMARTS) is 1. The molecule has 94 valence electrons. The average Bonchev–Trinajstić information content (AvgIpc) is 2.83. The highest BCUT2D eigenvalue weighted by Gasteiger charge is 2.33. The third kappa shape index (κ3) is 2.34. The van der Waals surface area contributed by atoms with Crippen LogP contribution < -0.4 is 0 Å². The Kier molecular flexibility index (Phi) is 3.21. The van der Waals surface area contributed by atoms with Crippen LogP contribution in [0.5, 0.6) is 0 Å². The van der Waals surface area contributed by atoms with Crippen molar-refractivity contribution in [2.24, 2.45) is 5.92 Å². The van der Waals surface area contributed by atoms with Crippen LogP contribution in [-0.4, -0.2) is 36.9 Å². The normalized spacial score (nSPS) is 19.3. The van der Waals surface area contributed by atoms with Crippen molar-refractivity contribution in [1.29, 1.82) is 0 Å². The number of sulfonamides is 1. The summed E-state index contributed by atoms with van der Waals surface area (Å²) in [5.74, 6) is -1.31. The second kappa shape index (κ2) is 4.50. The van der Waals surface area contributed by atoms with E-state index in [0.717, 1.165) is 0 Å². The zero-order valence-corrected chi connectivity index (χ0v) is 9.89. The second-order valence-corrected chi connectivity index (χ2v) is 5.82. The Morgan fingerprint density at radius 1 is 1.41 bits per heavy atom. The monoisotopic (exact) mass is 259 g/mol. The largest absolute Gasteiger partial charge is 0.481 e. The van der Waals surface area contributed by atoms with Crippen molar-refractivity contribution in [3.63, 3.8) is 0 Å². The van der Waals surface area contributed by atoms with Crippen molar-refractivity contribution in [3.05, 3.63) is 18.4 Å². The molecule has 1 fully saturated rings. The highest BCUT2D eigenvalue weighted by molar-refractivity contribution is 7.89. The van der Waals surface area contributed by atoms with Crippen molar-refractivity contribution >= 4 is 16.0 Å². The number of hydrogen-bond acceptors (Lipinski definition) is 4. The quantitative estimate of drug-likeness (QED) is 0.866. The molecule has 17 heavy (non-hydrogen) atoms. The van der Waals surface area contributed by atoms with Crippen molar-refractivity contribution in [2.45, 2.75) is 17.9 Å². The molecular formula is C10H13NO5S. The summed E-state index contributed by atoms with van der Waals surface area (Å²) in [6.07, 6.45) is 1.99. The van der Waals surface area contributed by atoms with Crippen molar-refractivity contribution in [3.8, 4) is 0 Å². The number of carbonyl (C=O) groups is 1. The van der Waals surface area contributed by atoms with Crippen LogP contribution in [-0.2, 0) is 14.8 Å². The van der Waals surface area contributed by atoms with E-state index in [1.807, 2.05) is 0 Å². The maximum absolute atomic E-state index is 12.0. The average molecular weight is 259 g/mol. The lowest BCUT2D eigenvalue weighted by Gasteiger charge is -2.28. The maximum atomic E-state index is 12.0. The molecule has 1 aromatic heterocycles. The minimum absolute atomic E-state index is 0.0914. The summed E-state index contributed by atoms with van der Waals surface area (Å²) in [7, 11) is -3.59. The minimum Gasteiger partial charge on any atom is -0.481 e. The lowest BCUT2D eigenvalue weighted by molar-refractivity contribution is -0.142. The number of rotatable bonds is 3. The molecular weight excluding hydrogens is 246 g/mol. The van der Waals surface area contributed by atoms with Crippen LogP contribution in [0.4, 0.5) is 0 Å². The highest BCUT2D eigenvalue weighted by atomic mass is 32.2. The Hall–Kier alpha value is -1.34. The van der Waals surface area contributed by atoms with Crippen LogP contribution in [0, 0.1) is 5.92 Å². The molecule has 1 saturated heterocycles. The fourth-order valence-corrected chi connectivity index (χ4v) is 3.25. The van der Waals surface area contributed by atoms with Crippen LogP contribution in [0.25, 0.3) is 0 Å². The summed E-state index contributed by atoms with van der Waals surface area (Å²) in [5, 5.41) is 8.73. The molecule has 1 N–H and O–H groups in total. The molecule has 0 radical (unpaired) electrons. The fraction of sp³-hybridized carbons (Fsp3) is 0.500. The van der Waals surface area contributed by atoms with Crippen molar-refractivity contribution in [1.82, 2.24) is 4.31 Å². The topological polar surface area (TPSA) is 87.8 Å². The molecule has 1 aliphatic rings. The number of carboxylic acids is 1. The van der Waals surface area contributed by atoms with Gasteiger partial charge in [-0.2, -0.15) is 4.31 Å². The molecule has 0 saturated carbocycles. The third-order valence-corrected chi connectivity index (χ3v) is 4.68. The van der Waals surface area contributed by atoms with Gasteiger partial charge in [0.1, 0.15) is 0 Å². The molecule has 0 amide bonds. The van der Waals surface area contributed by atoms with Gasteiger partial charge in [0.05, 0.1) is 12.2 Å². The molecule has 0 unspecified atom stereocenters. The van der Waals surface area contributed by atoms with E-state index in [1.54, 1.807) is 0 Å². The Bertz CT molecular complexity index is 485. The summed E-state index contributed by atoms with van der Waals surface area (Å²) >= 11 is 0. The zero-order valence-electron chi connectivity index (χ0n) is 9.07. The lowest BCUT2D eigenvalue weighted by Crippen LogP contribution is -2.40. The molecule has 0 aliphatic carbocycles. The summed E-state index contributed by atoms with van der Waals surface area (Å²) in [6, 6.07) is 2.90. The van der Waals surface area contributed by atoms with Gasteiger partial charge in [-0.25, -0.2) is 8.42 Å². The number of nitrogens with zero attached hydrogens (tertiary/aromatic N) is 1. The molecule has 0 atom stereocenters. The predicted molar refractivity (Wildman–Crippen MR) is 57.8 cm³/mol. The van der Waals surface area contributed by atoms with E-state index < -0.39 is 21.9 Å². The van der Waals surface area contributed by atoms with Crippen LogP contribution >= 0.6 is 0 Å². The van der Waals surface area contributed by atoms with E-state index in [-0.39, 0.29) is 18.2 Å². The number of aliphatic carboxylic acids is 1. The smallest absolute Gasteiger partial charge is 0.306 e. The highest BCUT2D eigenvalue weighted by Crippen LogP contribution is 2.23. The molecule has 1 aliphatic heterocycles. The van der Waals surface area contributed by atoms with Gasteiger partial charge in [-0.3, -0.25) is 4.79 Å². The summed E-state index contributed by atoms with van der Waals surface area (Å²) < 4.78 is 30.2. The van der Waals surface area contributed by atoms with Gasteiger partial charge in [0.15, 0.2) is 0 Å². The second-order valence-electron chi connectivity index (χ2n) is 3.95. The van der Waals surface area contributed by atoms with E-state index in [2.05, 4.69) is 0 Å². The number of furan rings is 1. The first-order valence-electron chi connectivity index (χ1n) is 5.28. The summed E-state index contributed by atoms with van der Waals surface area (Å²) in [4.78, 5) is 10.8. The molecule has 6 nitrogen and oxygen atoms in total. The van der Waals surface area contributed by atoms with Gasteiger partial charge < -0.3 is 9.52 Å². The first-order valence-corrected chi connectivity index (χ1v) is 6.72. The van der Waals surface area contributed by atoms with Crippen molar-refractivity contribution in [2.75, 3.05) is 13.1 Å². The van der Waals surface area contributed by atoms with Crippen LogP contribution in [0.1, 0.15) is 12.8 Å². The number of hydrogen-bond donors (Lipinski definition) is 1. The molecule has 0 bridgehead atoms. The van der Waals surface area contributed by atoms with Gasteiger partial charge in [0.25, 0.3) is 10.0 Å². The van der Waals surface area contributed by atoms with E-state index in [1.165, 1.54) is 22.7 Å². The third-order valence-electron chi connectivity index (χ3n) is 2.89. The first kappa shape index (κ1) is 12.1. The van der Waals surface area contributed by atoms with Gasteiger partial charge in [0, 0.05) is 13.1 Å². The fourth-order valence-electron chi connectivity index (χ4n) is 1.88. The molecule has 0 aromatic carbocycles. The Morgan fingerprint density at radius 2 is 2.06 bits per heavy atom. The SMILES string of the molecule is O=C(O)C1CCN(S(=O)(=O)c2ccco2)CC1. The van der Waals surface area contributed by atoms with Crippen LogP contribution in [0.15, 0.2) is 27.9 Å². The van der Waals surface area contributed by atoms with E-state index in [4.69, 9.17) is 9.52 Å². The van der Waals surface area contributed by atoms with Gasteiger partial charge in [0.2, 0.25) is 5.09 Å². The summed E-state index contributed by atoms with van der Waals surface area (Å²) in [5.41, 5.74) is 0. The van der Waals surface area contributed by atoms with Gasteiger partial charge in [-0.15, -0.1) is 0 Å². The maximum Gasteiger partial charge on any atom is 0.306 e. The molecule has 0 spiro atoms. The van der Waals surface area contributed by atoms with E-state index in [0.29, 0.717) is 12.8 Å². The Morgan fingerprint density at radius 3 is 2.53 bits per heavy atom. The standard InChI is InChI=1S/C10H13NO5S/c12-10(13)8-3-5-11(6-4-8)17(14,15)9-2-1-7-16-9/h1-2,7-8H,3-6H2,(H,12,13).